The van der Waals surface area contributed by atoms with E-state index in [2.05, 4.69) is 9.88 Å². The number of ether oxygens (including phenoxy) is 1. The molecule has 2 heterocycles. The highest BCUT2D eigenvalue weighted by atomic mass is 32.1. The fourth-order valence-electron chi connectivity index (χ4n) is 2.02. The van der Waals surface area contributed by atoms with Crippen LogP contribution in [-0.4, -0.2) is 37.1 Å². The molecule has 1 aromatic heterocycles. The van der Waals surface area contributed by atoms with Crippen LogP contribution >= 0.6 is 11.3 Å². The average Bonchev–Trinajstić information content (AvgIpc) is 2.82. The lowest BCUT2D eigenvalue weighted by atomic mass is 10.1. The smallest absolute Gasteiger partial charge is 0.186 e. The lowest BCUT2D eigenvalue weighted by Crippen LogP contribution is -2.36. The van der Waals surface area contributed by atoms with Gasteiger partial charge >= 0.3 is 0 Å². The van der Waals surface area contributed by atoms with Gasteiger partial charge in [-0.25, -0.2) is 4.98 Å². The van der Waals surface area contributed by atoms with E-state index in [0.717, 1.165) is 47.2 Å². The summed E-state index contributed by atoms with van der Waals surface area (Å²) in [5, 5.41) is 1.02. The SMILES string of the molecule is CC(=O)c1ccc2nc(N3CCOCC3)sc2c1. The molecule has 0 aliphatic carbocycles. The Kier molecular flexibility index (Phi) is 3.01. The summed E-state index contributed by atoms with van der Waals surface area (Å²) in [7, 11) is 0. The number of nitrogens with zero attached hydrogens (tertiary/aromatic N) is 2. The Morgan fingerprint density at radius 3 is 2.89 bits per heavy atom. The largest absolute Gasteiger partial charge is 0.378 e. The van der Waals surface area contributed by atoms with Crippen LogP contribution < -0.4 is 4.90 Å². The highest BCUT2D eigenvalue weighted by Crippen LogP contribution is 2.30. The maximum atomic E-state index is 11.4. The first-order valence-corrected chi connectivity index (χ1v) is 6.80. The molecule has 94 valence electrons. The van der Waals surface area contributed by atoms with E-state index in [0.29, 0.717) is 0 Å². The fourth-order valence-corrected chi connectivity index (χ4v) is 3.08. The first-order chi connectivity index (χ1) is 8.74. The van der Waals surface area contributed by atoms with Crippen molar-refractivity contribution in [2.75, 3.05) is 31.2 Å². The maximum absolute atomic E-state index is 11.4. The molecule has 5 heteroatoms. The number of anilines is 1. The lowest BCUT2D eigenvalue weighted by Gasteiger charge is -2.25. The summed E-state index contributed by atoms with van der Waals surface area (Å²) in [6.07, 6.45) is 0. The Hall–Kier alpha value is -1.46. The topological polar surface area (TPSA) is 42.4 Å². The van der Waals surface area contributed by atoms with Crippen molar-refractivity contribution in [3.05, 3.63) is 23.8 Å². The quantitative estimate of drug-likeness (QED) is 0.779. The summed E-state index contributed by atoms with van der Waals surface area (Å²) >= 11 is 1.64. The van der Waals surface area contributed by atoms with Gasteiger partial charge in [-0.05, 0) is 25.1 Å². The van der Waals surface area contributed by atoms with E-state index in [-0.39, 0.29) is 5.78 Å². The van der Waals surface area contributed by atoms with Crippen molar-refractivity contribution in [1.82, 2.24) is 4.98 Å². The molecule has 0 bridgehead atoms. The van der Waals surface area contributed by atoms with Gasteiger partial charge in [0.2, 0.25) is 0 Å². The number of benzene rings is 1. The number of morpholine rings is 1. The van der Waals surface area contributed by atoms with Gasteiger partial charge in [-0.2, -0.15) is 0 Å². The molecule has 1 fully saturated rings. The van der Waals surface area contributed by atoms with E-state index in [1.54, 1.807) is 18.3 Å². The van der Waals surface area contributed by atoms with Gasteiger partial charge in [-0.1, -0.05) is 11.3 Å². The summed E-state index contributed by atoms with van der Waals surface area (Å²) in [6, 6.07) is 5.69. The van der Waals surface area contributed by atoms with Gasteiger partial charge in [0.1, 0.15) is 0 Å². The molecular weight excluding hydrogens is 248 g/mol. The number of carbonyl (C=O) groups excluding carboxylic acids is 1. The van der Waals surface area contributed by atoms with Gasteiger partial charge in [0.05, 0.1) is 23.4 Å². The second-order valence-electron chi connectivity index (χ2n) is 4.33. The molecule has 3 rings (SSSR count). The van der Waals surface area contributed by atoms with Crippen molar-refractivity contribution in [2.45, 2.75) is 6.92 Å². The standard InChI is InChI=1S/C13H14N2O2S/c1-9(16)10-2-3-11-12(8-10)18-13(14-11)15-4-6-17-7-5-15/h2-3,8H,4-7H2,1H3. The zero-order valence-electron chi connectivity index (χ0n) is 10.2. The van der Waals surface area contributed by atoms with Gasteiger partial charge in [-0.3, -0.25) is 4.79 Å². The molecule has 1 aliphatic heterocycles. The van der Waals surface area contributed by atoms with Crippen LogP contribution in [0.1, 0.15) is 17.3 Å². The van der Waals surface area contributed by atoms with Crippen LogP contribution in [0.4, 0.5) is 5.13 Å². The Morgan fingerprint density at radius 1 is 1.39 bits per heavy atom. The zero-order chi connectivity index (χ0) is 12.5. The highest BCUT2D eigenvalue weighted by molar-refractivity contribution is 7.22. The predicted molar refractivity (Wildman–Crippen MR) is 72.7 cm³/mol. The molecule has 0 radical (unpaired) electrons. The molecule has 1 aliphatic rings. The molecule has 1 saturated heterocycles. The normalized spacial score (nSPS) is 16.2. The number of rotatable bonds is 2. The predicted octanol–water partition coefficient (Wildman–Crippen LogP) is 2.34. The van der Waals surface area contributed by atoms with E-state index in [1.165, 1.54) is 0 Å². The number of ketones is 1. The summed E-state index contributed by atoms with van der Waals surface area (Å²) in [5.41, 5.74) is 1.71. The first kappa shape index (κ1) is 11.6. The molecule has 0 atom stereocenters. The minimum absolute atomic E-state index is 0.0956. The minimum Gasteiger partial charge on any atom is -0.378 e. The molecule has 0 spiro atoms. The third-order valence-corrected chi connectivity index (χ3v) is 4.14. The van der Waals surface area contributed by atoms with Gasteiger partial charge < -0.3 is 9.64 Å². The van der Waals surface area contributed by atoms with Crippen LogP contribution in [0, 0.1) is 0 Å². The Morgan fingerprint density at radius 2 is 2.17 bits per heavy atom. The van der Waals surface area contributed by atoms with E-state index >= 15 is 0 Å². The van der Waals surface area contributed by atoms with Crippen LogP contribution in [0.2, 0.25) is 0 Å². The third kappa shape index (κ3) is 2.11. The van der Waals surface area contributed by atoms with E-state index in [9.17, 15) is 4.79 Å². The van der Waals surface area contributed by atoms with E-state index in [4.69, 9.17) is 4.74 Å². The van der Waals surface area contributed by atoms with Crippen molar-refractivity contribution in [1.29, 1.82) is 0 Å². The fraction of sp³-hybridized carbons (Fsp3) is 0.385. The number of thiazole rings is 1. The second kappa shape index (κ2) is 4.66. The van der Waals surface area contributed by atoms with Crippen LogP contribution in [0.15, 0.2) is 18.2 Å². The van der Waals surface area contributed by atoms with Gasteiger partial charge in [0.25, 0.3) is 0 Å². The number of carbonyl (C=O) groups is 1. The van der Waals surface area contributed by atoms with Crippen LogP contribution in [0.5, 0.6) is 0 Å². The van der Waals surface area contributed by atoms with E-state index in [1.807, 2.05) is 18.2 Å². The van der Waals surface area contributed by atoms with Crippen molar-refractivity contribution < 1.29 is 9.53 Å². The average molecular weight is 262 g/mol. The Balaban J connectivity index is 1.97. The Bertz CT molecular complexity index is 588. The molecule has 0 saturated carbocycles. The monoisotopic (exact) mass is 262 g/mol. The number of hydrogen-bond donors (Lipinski definition) is 0. The lowest BCUT2D eigenvalue weighted by molar-refractivity contribution is 0.101. The van der Waals surface area contributed by atoms with Gasteiger partial charge in [0.15, 0.2) is 10.9 Å². The number of hydrogen-bond acceptors (Lipinski definition) is 5. The molecule has 2 aromatic rings. The minimum atomic E-state index is 0.0956. The first-order valence-electron chi connectivity index (χ1n) is 5.98. The van der Waals surface area contributed by atoms with Crippen molar-refractivity contribution >= 4 is 32.5 Å². The summed E-state index contributed by atoms with van der Waals surface area (Å²) in [5.74, 6) is 0.0956. The van der Waals surface area contributed by atoms with Gasteiger partial charge in [0, 0.05) is 18.7 Å². The molecule has 4 nitrogen and oxygen atoms in total. The molecular formula is C13H14N2O2S. The summed E-state index contributed by atoms with van der Waals surface area (Å²) in [4.78, 5) is 18.2. The maximum Gasteiger partial charge on any atom is 0.186 e. The number of Topliss-reactive ketones (excluding diaryl/α,β-unsaturated/α-hetero) is 1. The zero-order valence-corrected chi connectivity index (χ0v) is 11.0. The van der Waals surface area contributed by atoms with Gasteiger partial charge in [-0.15, -0.1) is 0 Å². The number of aromatic nitrogens is 1. The van der Waals surface area contributed by atoms with E-state index < -0.39 is 0 Å². The van der Waals surface area contributed by atoms with Crippen molar-refractivity contribution in [3.8, 4) is 0 Å². The molecule has 1 aromatic carbocycles. The van der Waals surface area contributed by atoms with Crippen LogP contribution in [0.25, 0.3) is 10.2 Å². The summed E-state index contributed by atoms with van der Waals surface area (Å²) < 4.78 is 6.41. The highest BCUT2D eigenvalue weighted by Gasteiger charge is 2.15. The second-order valence-corrected chi connectivity index (χ2v) is 5.34. The molecule has 0 N–H and O–H groups in total. The number of fused-ring (bicyclic) bond motifs is 1. The molecule has 0 unspecified atom stereocenters. The Labute approximate surface area is 109 Å². The molecule has 0 amide bonds. The van der Waals surface area contributed by atoms with Crippen LogP contribution in [0.3, 0.4) is 0 Å². The summed E-state index contributed by atoms with van der Waals surface area (Å²) in [6.45, 7) is 4.88. The molecule has 18 heavy (non-hydrogen) atoms. The van der Waals surface area contributed by atoms with Crippen molar-refractivity contribution in [3.63, 3.8) is 0 Å². The van der Waals surface area contributed by atoms with Crippen molar-refractivity contribution in [2.24, 2.45) is 0 Å². The van der Waals surface area contributed by atoms with Crippen LogP contribution in [-0.2, 0) is 4.74 Å². The third-order valence-electron chi connectivity index (χ3n) is 3.07.